The van der Waals surface area contributed by atoms with Crippen molar-refractivity contribution in [1.29, 1.82) is 0 Å². The highest BCUT2D eigenvalue weighted by Gasteiger charge is 2.43. The van der Waals surface area contributed by atoms with Gasteiger partial charge in [-0.1, -0.05) is 26.8 Å². The van der Waals surface area contributed by atoms with Crippen LogP contribution in [0.4, 0.5) is 0 Å². The number of hydrogen-bond donors (Lipinski definition) is 1. The molecule has 12 heteroatoms. The molecule has 1 aromatic rings. The van der Waals surface area contributed by atoms with E-state index in [2.05, 4.69) is 33.9 Å². The molecule has 0 radical (unpaired) electrons. The minimum Gasteiger partial charge on any atom is -0.452 e. The van der Waals surface area contributed by atoms with E-state index in [0.717, 1.165) is 0 Å². The Morgan fingerprint density at radius 3 is 2.33 bits per heavy atom. The first kappa shape index (κ1) is 27.5. The van der Waals surface area contributed by atoms with Gasteiger partial charge in [-0.05, 0) is 35.8 Å². The zero-order valence-corrected chi connectivity index (χ0v) is 22.1. The molecule has 0 spiro atoms. The first-order valence-corrected chi connectivity index (χ1v) is 14.9. The van der Waals surface area contributed by atoms with E-state index in [1.54, 1.807) is 0 Å². The van der Waals surface area contributed by atoms with E-state index >= 15 is 0 Å². The molecule has 186 valence electrons. The lowest BCUT2D eigenvalue weighted by Gasteiger charge is -2.40. The number of carbonyl (C=O) groups excluding carboxylic acids is 2. The zero-order valence-electron chi connectivity index (χ0n) is 20.2. The maximum absolute atomic E-state index is 13.0. The van der Waals surface area contributed by atoms with E-state index in [0.29, 0.717) is 5.56 Å². The number of carbonyl (C=O) groups is 2. The second-order valence-electron chi connectivity index (χ2n) is 9.48. The standard InChI is InChI=1S/C21H34NO9PSi/c1-21(2,3)33(6,7)31-16-12-28-32(26,29-13-16)30-18-9-8-15(11-23)10-17(18)20(25)27-14-19(24)22(4)5/h8-10,16,23H,11-14H2,1-7H3. The number of ether oxygens (including phenoxy) is 1. The Bertz CT molecular complexity index is 901. The predicted octanol–water partition coefficient (Wildman–Crippen LogP) is 3.35. The number of aliphatic hydroxyl groups is 1. The van der Waals surface area contributed by atoms with Crippen molar-refractivity contribution < 1.29 is 42.0 Å². The molecular formula is C21H34NO9PSi. The Morgan fingerprint density at radius 1 is 1.21 bits per heavy atom. The van der Waals surface area contributed by atoms with Crippen molar-refractivity contribution in [1.82, 2.24) is 4.90 Å². The second kappa shape index (κ2) is 10.7. The zero-order chi connectivity index (χ0) is 25.0. The third-order valence-corrected chi connectivity index (χ3v) is 11.5. The van der Waals surface area contributed by atoms with Crippen LogP contribution in [0.3, 0.4) is 0 Å². The van der Waals surface area contributed by atoms with Crippen LogP contribution in [0.15, 0.2) is 18.2 Å². The van der Waals surface area contributed by atoms with Gasteiger partial charge in [0, 0.05) is 14.1 Å². The summed E-state index contributed by atoms with van der Waals surface area (Å²) < 4.78 is 40.6. The molecule has 1 heterocycles. The van der Waals surface area contributed by atoms with E-state index in [1.807, 2.05) is 0 Å². The summed E-state index contributed by atoms with van der Waals surface area (Å²) in [5, 5.41) is 9.40. The Labute approximate surface area is 195 Å². The molecule has 0 unspecified atom stereocenters. The van der Waals surface area contributed by atoms with Crippen molar-refractivity contribution in [3.8, 4) is 5.75 Å². The topological polar surface area (TPSA) is 121 Å². The van der Waals surface area contributed by atoms with Gasteiger partial charge in [-0.2, -0.15) is 0 Å². The SMILES string of the molecule is CN(C)C(=O)COC(=O)c1cc(CO)ccc1OP1(=O)OCC(O[Si](C)(C)C(C)(C)C)CO1. The highest BCUT2D eigenvalue weighted by molar-refractivity contribution is 7.49. The summed E-state index contributed by atoms with van der Waals surface area (Å²) in [5.74, 6) is -1.40. The van der Waals surface area contributed by atoms with Crippen LogP contribution >= 0.6 is 7.82 Å². The summed E-state index contributed by atoms with van der Waals surface area (Å²) >= 11 is 0. The van der Waals surface area contributed by atoms with Crippen LogP contribution in [0.25, 0.3) is 0 Å². The van der Waals surface area contributed by atoms with Gasteiger partial charge in [0.25, 0.3) is 5.91 Å². The fourth-order valence-corrected chi connectivity index (χ4v) is 5.12. The summed E-state index contributed by atoms with van der Waals surface area (Å²) in [4.78, 5) is 25.6. The second-order valence-corrected chi connectivity index (χ2v) is 15.8. The van der Waals surface area contributed by atoms with Gasteiger partial charge in [-0.3, -0.25) is 13.8 Å². The normalized spacial score (nSPS) is 21.4. The van der Waals surface area contributed by atoms with E-state index < -0.39 is 40.7 Å². The minimum atomic E-state index is -4.03. The molecule has 1 N–H and O–H groups in total. The van der Waals surface area contributed by atoms with Crippen molar-refractivity contribution in [3.05, 3.63) is 29.3 Å². The highest BCUT2D eigenvalue weighted by atomic mass is 31.2. The first-order chi connectivity index (χ1) is 15.2. The quantitative estimate of drug-likeness (QED) is 0.323. The molecular weight excluding hydrogens is 469 g/mol. The van der Waals surface area contributed by atoms with Crippen molar-refractivity contribution in [3.63, 3.8) is 0 Å². The number of esters is 1. The predicted molar refractivity (Wildman–Crippen MR) is 124 cm³/mol. The molecule has 1 aliphatic heterocycles. The first-order valence-electron chi connectivity index (χ1n) is 10.5. The summed E-state index contributed by atoms with van der Waals surface area (Å²) in [7, 11) is -3.05. The molecule has 0 saturated carbocycles. The molecule has 10 nitrogen and oxygen atoms in total. The average molecular weight is 504 g/mol. The molecule has 0 atom stereocenters. The van der Waals surface area contributed by atoms with E-state index in [-0.39, 0.29) is 36.2 Å². The number of likely N-dealkylation sites (N-methyl/N-ethyl adjacent to an activating group) is 1. The molecule has 1 saturated heterocycles. The van der Waals surface area contributed by atoms with Crippen LogP contribution in [-0.2, 0) is 34.2 Å². The number of rotatable bonds is 8. The van der Waals surface area contributed by atoms with Crippen LogP contribution in [0.2, 0.25) is 18.1 Å². The van der Waals surface area contributed by atoms with Gasteiger partial charge in [0.1, 0.15) is 11.3 Å². The van der Waals surface area contributed by atoms with Gasteiger partial charge in [0.15, 0.2) is 14.9 Å². The van der Waals surface area contributed by atoms with Crippen LogP contribution in [0.5, 0.6) is 5.75 Å². The molecule has 1 aromatic carbocycles. The molecule has 1 amide bonds. The van der Waals surface area contributed by atoms with Gasteiger partial charge in [-0.15, -0.1) is 0 Å². The van der Waals surface area contributed by atoms with Crippen molar-refractivity contribution >= 4 is 28.0 Å². The number of aliphatic hydroxyl groups excluding tert-OH is 1. The Balaban J connectivity index is 2.11. The lowest BCUT2D eigenvalue weighted by molar-refractivity contribution is -0.131. The lowest BCUT2D eigenvalue weighted by atomic mass is 10.1. The van der Waals surface area contributed by atoms with E-state index in [1.165, 1.54) is 37.2 Å². The third kappa shape index (κ3) is 7.36. The highest BCUT2D eigenvalue weighted by Crippen LogP contribution is 2.53. The average Bonchev–Trinajstić information content (AvgIpc) is 2.72. The van der Waals surface area contributed by atoms with Crippen molar-refractivity contribution in [2.75, 3.05) is 33.9 Å². The monoisotopic (exact) mass is 503 g/mol. The molecule has 1 fully saturated rings. The van der Waals surface area contributed by atoms with Crippen molar-refractivity contribution in [2.45, 2.75) is 51.6 Å². The van der Waals surface area contributed by atoms with Crippen LogP contribution in [-0.4, -0.2) is 70.2 Å². The fraction of sp³-hybridized carbons (Fsp3) is 0.619. The third-order valence-electron chi connectivity index (χ3n) is 5.59. The number of benzene rings is 1. The largest absolute Gasteiger partial charge is 0.530 e. The Kier molecular flexibility index (Phi) is 8.89. The maximum Gasteiger partial charge on any atom is 0.530 e. The van der Waals surface area contributed by atoms with Gasteiger partial charge in [0.2, 0.25) is 0 Å². The number of phosphoric acid groups is 1. The van der Waals surface area contributed by atoms with Gasteiger partial charge >= 0.3 is 13.8 Å². The smallest absolute Gasteiger partial charge is 0.452 e. The van der Waals surface area contributed by atoms with Gasteiger partial charge < -0.3 is 23.7 Å². The lowest BCUT2D eigenvalue weighted by Crippen LogP contribution is -2.47. The molecule has 0 aromatic heterocycles. The Hall–Kier alpha value is -1.75. The molecule has 33 heavy (non-hydrogen) atoms. The summed E-state index contributed by atoms with van der Waals surface area (Å²) in [6, 6.07) is 4.19. The maximum atomic E-state index is 13.0. The number of phosphoric ester groups is 1. The number of hydrogen-bond acceptors (Lipinski definition) is 9. The Morgan fingerprint density at radius 2 is 1.82 bits per heavy atom. The van der Waals surface area contributed by atoms with Crippen LogP contribution < -0.4 is 4.52 Å². The van der Waals surface area contributed by atoms with E-state index in [9.17, 15) is 19.3 Å². The van der Waals surface area contributed by atoms with Gasteiger partial charge in [0.05, 0.1) is 25.9 Å². The minimum absolute atomic E-state index is 0.00955. The molecule has 1 aliphatic rings. The number of nitrogens with zero attached hydrogens (tertiary/aromatic N) is 1. The van der Waals surface area contributed by atoms with Crippen molar-refractivity contribution in [2.24, 2.45) is 0 Å². The van der Waals surface area contributed by atoms with E-state index in [4.69, 9.17) is 22.7 Å². The molecule has 0 bridgehead atoms. The van der Waals surface area contributed by atoms with Gasteiger partial charge in [-0.25, -0.2) is 9.36 Å². The summed E-state index contributed by atoms with van der Waals surface area (Å²) in [6.07, 6.45) is -0.394. The summed E-state index contributed by atoms with van der Waals surface area (Å²) in [5.41, 5.74) is 0.287. The van der Waals surface area contributed by atoms with Crippen LogP contribution in [0.1, 0.15) is 36.7 Å². The number of amides is 1. The molecule has 0 aliphatic carbocycles. The summed E-state index contributed by atoms with van der Waals surface area (Å²) in [6.45, 7) is 9.73. The fourth-order valence-electron chi connectivity index (χ4n) is 2.52. The molecule has 2 rings (SSSR count). The van der Waals surface area contributed by atoms with Crippen LogP contribution in [0, 0.1) is 0 Å².